The number of carbonyl (C=O) groups is 2. The molecule has 1 saturated heterocycles. The minimum absolute atomic E-state index is 0.183. The average Bonchev–Trinajstić information content (AvgIpc) is 2.80. The summed E-state index contributed by atoms with van der Waals surface area (Å²) in [4.78, 5) is 33.5. The third-order valence-corrected chi connectivity index (χ3v) is 5.49. The zero-order chi connectivity index (χ0) is 21.3. The molecule has 2 heterocycles. The monoisotopic (exact) mass is 412 g/mol. The molecule has 2 amide bonds. The van der Waals surface area contributed by atoms with E-state index in [1.165, 1.54) is 4.90 Å². The summed E-state index contributed by atoms with van der Waals surface area (Å²) in [6.45, 7) is 9.88. The van der Waals surface area contributed by atoms with Crippen molar-refractivity contribution in [2.75, 3.05) is 55.6 Å². The third-order valence-electron chi connectivity index (χ3n) is 5.49. The molecule has 2 aromatic rings. The maximum atomic E-state index is 12.3. The van der Waals surface area contributed by atoms with E-state index in [2.05, 4.69) is 45.5 Å². The molecule has 0 aliphatic carbocycles. The number of aromatic amines is 1. The first kappa shape index (κ1) is 21.6. The minimum atomic E-state index is -0.311. The van der Waals surface area contributed by atoms with Crippen LogP contribution in [0.3, 0.4) is 0 Å². The van der Waals surface area contributed by atoms with Crippen LogP contribution in [0.5, 0.6) is 0 Å². The molecule has 0 radical (unpaired) electrons. The van der Waals surface area contributed by atoms with Gasteiger partial charge < -0.3 is 9.80 Å². The second-order valence-electron chi connectivity index (χ2n) is 7.38. The summed E-state index contributed by atoms with van der Waals surface area (Å²) in [6, 6.07) is 13.4. The van der Waals surface area contributed by atoms with Crippen LogP contribution in [0.15, 0.2) is 48.7 Å². The number of quaternary nitrogens is 1. The fraction of sp³-hybridized carbons (Fsp3) is 0.409. The van der Waals surface area contributed by atoms with E-state index in [1.54, 1.807) is 12.1 Å². The molecule has 160 valence electrons. The van der Waals surface area contributed by atoms with Crippen LogP contribution in [0.25, 0.3) is 0 Å². The predicted octanol–water partition coefficient (Wildman–Crippen LogP) is -0.487. The quantitative estimate of drug-likeness (QED) is 0.536. The van der Waals surface area contributed by atoms with Crippen molar-refractivity contribution in [3.63, 3.8) is 0 Å². The molecule has 1 aliphatic heterocycles. The number of rotatable bonds is 7. The fourth-order valence-corrected chi connectivity index (χ4v) is 3.70. The Morgan fingerprint density at radius 3 is 2.33 bits per heavy atom. The van der Waals surface area contributed by atoms with Crippen molar-refractivity contribution in [2.24, 2.45) is 0 Å². The molecule has 0 unspecified atom stereocenters. The van der Waals surface area contributed by atoms with Crippen LogP contribution in [0, 0.1) is 0 Å². The van der Waals surface area contributed by atoms with Crippen molar-refractivity contribution in [3.8, 4) is 0 Å². The number of pyridine rings is 1. The number of hydrogen-bond donors (Lipinski definition) is 3. The molecule has 0 atom stereocenters. The van der Waals surface area contributed by atoms with Crippen LogP contribution in [0.4, 0.5) is 11.5 Å². The van der Waals surface area contributed by atoms with Gasteiger partial charge in [0.05, 0.1) is 6.20 Å². The van der Waals surface area contributed by atoms with Crippen molar-refractivity contribution in [1.29, 1.82) is 0 Å². The van der Waals surface area contributed by atoms with E-state index in [9.17, 15) is 9.59 Å². The van der Waals surface area contributed by atoms with Crippen molar-refractivity contribution in [2.45, 2.75) is 13.8 Å². The number of H-pyrrole nitrogens is 1. The molecular formula is C22H32N6O2+2. The maximum Gasteiger partial charge on any atom is 0.293 e. The maximum absolute atomic E-state index is 12.3. The van der Waals surface area contributed by atoms with Crippen LogP contribution in [-0.4, -0.2) is 57.6 Å². The normalized spacial score (nSPS) is 14.3. The molecular weight excluding hydrogens is 380 g/mol. The topological polar surface area (TPSA) is 83.3 Å². The Labute approximate surface area is 177 Å². The summed E-state index contributed by atoms with van der Waals surface area (Å²) in [7, 11) is 0. The molecule has 0 saturated carbocycles. The molecule has 8 heteroatoms. The van der Waals surface area contributed by atoms with Crippen molar-refractivity contribution >= 4 is 23.3 Å². The van der Waals surface area contributed by atoms with Gasteiger partial charge in [-0.15, -0.1) is 0 Å². The summed E-state index contributed by atoms with van der Waals surface area (Å²) in [5.74, 6) is 0.604. The van der Waals surface area contributed by atoms with Gasteiger partial charge in [-0.3, -0.25) is 25.3 Å². The van der Waals surface area contributed by atoms with Crippen LogP contribution in [0.2, 0.25) is 0 Å². The summed E-state index contributed by atoms with van der Waals surface area (Å²) in [5, 5.41) is 0. The molecule has 3 rings (SSSR count). The number of hydrazine groups is 1. The molecule has 0 spiro atoms. The van der Waals surface area contributed by atoms with Gasteiger partial charge in [-0.25, -0.2) is 4.98 Å². The molecule has 8 nitrogen and oxygen atoms in total. The standard InChI is InChI=1S/C22H30N6O2/c1-3-27(4-2)19-10-8-18(9-11-19)22(30)25-24-21(29)17-26-13-15-28(16-14-26)20-7-5-6-12-23-20/h5-12H,3-4,13-17H2,1-2H3,(H,24,29)(H,25,30)/p+2. The van der Waals surface area contributed by atoms with Gasteiger partial charge in [-0.05, 0) is 44.2 Å². The Morgan fingerprint density at radius 2 is 1.73 bits per heavy atom. The largest absolute Gasteiger partial charge is 0.372 e. The summed E-state index contributed by atoms with van der Waals surface area (Å²) >= 11 is 0. The Bertz CT molecular complexity index is 815. The van der Waals surface area contributed by atoms with E-state index >= 15 is 0 Å². The Hall–Kier alpha value is -3.13. The lowest BCUT2D eigenvalue weighted by molar-refractivity contribution is -0.892. The number of hydrogen-bond acceptors (Lipinski definition) is 4. The Kier molecular flexibility index (Phi) is 7.62. The second-order valence-corrected chi connectivity index (χ2v) is 7.38. The number of nitrogens with zero attached hydrogens (tertiary/aromatic N) is 2. The average molecular weight is 413 g/mol. The molecule has 1 aromatic heterocycles. The van der Waals surface area contributed by atoms with Crippen molar-refractivity contribution in [3.05, 3.63) is 54.2 Å². The number of carbonyl (C=O) groups excluding carboxylic acids is 2. The highest BCUT2D eigenvalue weighted by Gasteiger charge is 2.27. The molecule has 4 N–H and O–H groups in total. The lowest BCUT2D eigenvalue weighted by Crippen LogP contribution is -3.16. The smallest absolute Gasteiger partial charge is 0.293 e. The predicted molar refractivity (Wildman–Crippen MR) is 116 cm³/mol. The van der Waals surface area contributed by atoms with Gasteiger partial charge in [0, 0.05) is 30.4 Å². The van der Waals surface area contributed by atoms with E-state index in [4.69, 9.17) is 0 Å². The van der Waals surface area contributed by atoms with E-state index in [0.29, 0.717) is 12.1 Å². The lowest BCUT2D eigenvalue weighted by atomic mass is 10.2. The molecule has 1 fully saturated rings. The van der Waals surface area contributed by atoms with E-state index < -0.39 is 0 Å². The number of aromatic nitrogens is 1. The fourth-order valence-electron chi connectivity index (χ4n) is 3.70. The number of anilines is 2. The molecule has 30 heavy (non-hydrogen) atoms. The number of piperazine rings is 1. The highest BCUT2D eigenvalue weighted by atomic mass is 16.2. The summed E-state index contributed by atoms with van der Waals surface area (Å²) in [6.07, 6.45) is 1.92. The van der Waals surface area contributed by atoms with Gasteiger partial charge in [0.1, 0.15) is 26.2 Å². The highest BCUT2D eigenvalue weighted by Crippen LogP contribution is 2.14. The SMILES string of the molecule is CCN(CC)c1ccc(C(=O)NNC(=O)C[NH+]2CCN(c3cccc[nH+]3)CC2)cc1. The molecule has 1 aromatic carbocycles. The summed E-state index contributed by atoms with van der Waals surface area (Å²) in [5.41, 5.74) is 6.66. The highest BCUT2D eigenvalue weighted by molar-refractivity contribution is 5.95. The zero-order valence-corrected chi connectivity index (χ0v) is 17.8. The van der Waals surface area contributed by atoms with Gasteiger partial charge in [-0.2, -0.15) is 0 Å². The first-order valence-electron chi connectivity index (χ1n) is 10.6. The van der Waals surface area contributed by atoms with Crippen LogP contribution < -0.4 is 30.5 Å². The zero-order valence-electron chi connectivity index (χ0n) is 17.8. The van der Waals surface area contributed by atoms with E-state index in [0.717, 1.165) is 50.8 Å². The van der Waals surface area contributed by atoms with Gasteiger partial charge in [0.15, 0.2) is 6.54 Å². The summed E-state index contributed by atoms with van der Waals surface area (Å²) < 4.78 is 0. The van der Waals surface area contributed by atoms with Crippen LogP contribution in [0.1, 0.15) is 24.2 Å². The van der Waals surface area contributed by atoms with Crippen molar-refractivity contribution in [1.82, 2.24) is 10.9 Å². The Morgan fingerprint density at radius 1 is 1.03 bits per heavy atom. The van der Waals surface area contributed by atoms with Crippen LogP contribution >= 0.6 is 0 Å². The first-order chi connectivity index (χ1) is 14.6. The second kappa shape index (κ2) is 10.6. The first-order valence-corrected chi connectivity index (χ1v) is 10.6. The van der Waals surface area contributed by atoms with Crippen LogP contribution in [-0.2, 0) is 4.79 Å². The number of amides is 2. The van der Waals surface area contributed by atoms with Gasteiger partial charge >= 0.3 is 0 Å². The van der Waals surface area contributed by atoms with E-state index in [-0.39, 0.29) is 11.8 Å². The number of nitrogens with one attached hydrogen (secondary N) is 4. The minimum Gasteiger partial charge on any atom is -0.372 e. The lowest BCUT2D eigenvalue weighted by Gasteiger charge is -2.27. The Balaban J connectivity index is 1.41. The number of benzene rings is 1. The third kappa shape index (κ3) is 5.70. The van der Waals surface area contributed by atoms with E-state index in [1.807, 2.05) is 30.5 Å². The van der Waals surface area contributed by atoms with Gasteiger partial charge in [0.2, 0.25) is 0 Å². The van der Waals surface area contributed by atoms with Gasteiger partial charge in [-0.1, -0.05) is 6.07 Å². The van der Waals surface area contributed by atoms with Crippen molar-refractivity contribution < 1.29 is 19.5 Å². The molecule has 0 bridgehead atoms. The molecule has 1 aliphatic rings. The van der Waals surface area contributed by atoms with Gasteiger partial charge in [0.25, 0.3) is 17.6 Å².